The third kappa shape index (κ3) is 3.45. The Hall–Kier alpha value is -2.09. The summed E-state index contributed by atoms with van der Waals surface area (Å²) in [6, 6.07) is 6.24. The van der Waals surface area contributed by atoms with Crippen LogP contribution in [0.3, 0.4) is 0 Å². The van der Waals surface area contributed by atoms with Crippen molar-refractivity contribution in [2.75, 3.05) is 17.4 Å². The summed E-state index contributed by atoms with van der Waals surface area (Å²) < 4.78 is 0. The molecule has 8 heteroatoms. The number of urea groups is 1. The van der Waals surface area contributed by atoms with Crippen LogP contribution >= 0.6 is 12.6 Å². The van der Waals surface area contributed by atoms with Crippen molar-refractivity contribution in [2.45, 2.75) is 0 Å². The van der Waals surface area contributed by atoms with Gasteiger partial charge in [-0.2, -0.15) is 10.5 Å². The van der Waals surface area contributed by atoms with Gasteiger partial charge in [-0.25, -0.2) is 4.79 Å². The van der Waals surface area contributed by atoms with E-state index in [1.54, 1.807) is 24.3 Å². The number of rotatable bonds is 3. The van der Waals surface area contributed by atoms with Crippen LogP contribution < -0.4 is 15.6 Å². The highest BCUT2D eigenvalue weighted by Crippen LogP contribution is 2.20. The van der Waals surface area contributed by atoms with E-state index in [2.05, 4.69) is 28.5 Å². The lowest BCUT2D eigenvalue weighted by Gasteiger charge is -2.15. The molecule has 0 bridgehead atoms. The number of thiol groups is 1. The van der Waals surface area contributed by atoms with Gasteiger partial charge in [-0.15, -0.1) is 12.6 Å². The van der Waals surface area contributed by atoms with Gasteiger partial charge in [0.1, 0.15) is 0 Å². The Kier molecular flexibility index (Phi) is 4.46. The highest BCUT2D eigenvalue weighted by Gasteiger charge is 2.09. The molecule has 4 N–H and O–H groups in total. The van der Waals surface area contributed by atoms with Gasteiger partial charge in [0.05, 0.1) is 5.69 Å². The van der Waals surface area contributed by atoms with Crippen LogP contribution in [-0.4, -0.2) is 18.2 Å². The van der Waals surface area contributed by atoms with Gasteiger partial charge in [-0.05, 0) is 18.2 Å². The first kappa shape index (κ1) is 13.0. The van der Waals surface area contributed by atoms with E-state index >= 15 is 0 Å². The summed E-state index contributed by atoms with van der Waals surface area (Å²) >= 11 is 3.80. The first-order valence-corrected chi connectivity index (χ1v) is 5.07. The molecule has 0 aromatic heterocycles. The van der Waals surface area contributed by atoms with Crippen molar-refractivity contribution in [3.05, 3.63) is 24.3 Å². The van der Waals surface area contributed by atoms with Crippen molar-refractivity contribution >= 4 is 35.2 Å². The van der Waals surface area contributed by atoms with Crippen LogP contribution in [0.4, 0.5) is 16.2 Å². The average molecular weight is 252 g/mol. The molecule has 90 valence electrons. The zero-order valence-electron chi connectivity index (χ0n) is 9.06. The molecular formula is C9H12N6OS. The van der Waals surface area contributed by atoms with Crippen LogP contribution in [0.2, 0.25) is 0 Å². The van der Waals surface area contributed by atoms with Crippen molar-refractivity contribution in [3.8, 4) is 0 Å². The van der Waals surface area contributed by atoms with Gasteiger partial charge >= 0.3 is 6.03 Å². The van der Waals surface area contributed by atoms with Crippen LogP contribution in [-0.2, 0) is 0 Å². The molecule has 2 amide bonds. The van der Waals surface area contributed by atoms with Crippen molar-refractivity contribution in [1.82, 2.24) is 5.32 Å². The number of hydrogen-bond donors (Lipinski definition) is 5. The Morgan fingerprint density at radius 2 is 2.24 bits per heavy atom. The monoisotopic (exact) mass is 252 g/mol. The largest absolute Gasteiger partial charge is 0.341 e. The first-order valence-electron chi connectivity index (χ1n) is 4.62. The van der Waals surface area contributed by atoms with Crippen molar-refractivity contribution < 1.29 is 4.79 Å². The lowest BCUT2D eigenvalue weighted by Crippen LogP contribution is -2.24. The first-order chi connectivity index (χ1) is 8.08. The molecule has 0 fully saturated rings. The molecule has 0 atom stereocenters. The van der Waals surface area contributed by atoms with E-state index in [1.165, 1.54) is 7.05 Å². The summed E-state index contributed by atoms with van der Waals surface area (Å²) in [4.78, 5) is 11.1. The van der Waals surface area contributed by atoms with E-state index < -0.39 is 0 Å². The number of nitrogens with one attached hydrogen (secondary N) is 4. The summed E-state index contributed by atoms with van der Waals surface area (Å²) in [5.74, 6) is 0. The Morgan fingerprint density at radius 1 is 1.53 bits per heavy atom. The molecule has 1 rings (SSSR count). The SMILES string of the molecule is CNC(=O)Nc1cccc(N(N=N)C(=N)S)c1. The van der Waals surface area contributed by atoms with Gasteiger partial charge in [-0.1, -0.05) is 11.3 Å². The maximum Gasteiger partial charge on any atom is 0.318 e. The molecule has 0 saturated heterocycles. The number of carbonyl (C=O) groups excluding carboxylic acids is 1. The number of carbonyl (C=O) groups is 1. The van der Waals surface area contributed by atoms with Gasteiger partial charge in [0.15, 0.2) is 5.17 Å². The highest BCUT2D eigenvalue weighted by molar-refractivity contribution is 7.97. The number of amidine groups is 1. The molecule has 0 unspecified atom stereocenters. The molecule has 17 heavy (non-hydrogen) atoms. The fourth-order valence-corrected chi connectivity index (χ4v) is 1.30. The topological polar surface area (TPSA) is 104 Å². The molecule has 0 heterocycles. The fraction of sp³-hybridized carbons (Fsp3) is 0.111. The predicted molar refractivity (Wildman–Crippen MR) is 68.9 cm³/mol. The van der Waals surface area contributed by atoms with E-state index in [1.807, 2.05) is 0 Å². The van der Waals surface area contributed by atoms with E-state index in [-0.39, 0.29) is 11.2 Å². The molecule has 1 aromatic rings. The summed E-state index contributed by atoms with van der Waals surface area (Å²) in [5, 5.41) is 16.3. The second-order valence-electron chi connectivity index (χ2n) is 2.99. The second kappa shape index (κ2) is 5.85. The summed E-state index contributed by atoms with van der Waals surface area (Å²) in [6.45, 7) is 0. The quantitative estimate of drug-likeness (QED) is 0.187. The third-order valence-electron chi connectivity index (χ3n) is 1.88. The second-order valence-corrected chi connectivity index (χ2v) is 3.41. The van der Waals surface area contributed by atoms with E-state index in [9.17, 15) is 4.79 Å². The minimum absolute atomic E-state index is 0.183. The van der Waals surface area contributed by atoms with E-state index in [4.69, 9.17) is 10.9 Å². The van der Waals surface area contributed by atoms with Gasteiger partial charge < -0.3 is 10.6 Å². The maximum atomic E-state index is 11.1. The zero-order chi connectivity index (χ0) is 12.8. The lowest BCUT2D eigenvalue weighted by atomic mass is 10.3. The molecule has 0 aliphatic heterocycles. The van der Waals surface area contributed by atoms with Crippen LogP contribution in [0.25, 0.3) is 0 Å². The van der Waals surface area contributed by atoms with Crippen LogP contribution in [0.15, 0.2) is 29.5 Å². The maximum absolute atomic E-state index is 11.1. The molecule has 1 aromatic carbocycles. The summed E-state index contributed by atoms with van der Waals surface area (Å²) in [5.41, 5.74) is 7.94. The molecule has 0 aliphatic rings. The number of anilines is 2. The molecule has 0 aliphatic carbocycles. The van der Waals surface area contributed by atoms with Crippen molar-refractivity contribution in [2.24, 2.45) is 5.22 Å². The lowest BCUT2D eigenvalue weighted by molar-refractivity contribution is 0.254. The Balaban J connectivity index is 2.95. The van der Waals surface area contributed by atoms with Gasteiger partial charge in [0, 0.05) is 12.7 Å². The predicted octanol–water partition coefficient (Wildman–Crippen LogP) is 2.05. The van der Waals surface area contributed by atoms with Gasteiger partial charge in [0.2, 0.25) is 0 Å². The number of hydrogen-bond acceptors (Lipinski definition) is 4. The molecule has 7 nitrogen and oxygen atoms in total. The van der Waals surface area contributed by atoms with E-state index in [0.29, 0.717) is 11.4 Å². The summed E-state index contributed by atoms with van der Waals surface area (Å²) in [6.07, 6.45) is 0. The van der Waals surface area contributed by atoms with Crippen LogP contribution in [0.1, 0.15) is 0 Å². The van der Waals surface area contributed by atoms with Crippen LogP contribution in [0.5, 0.6) is 0 Å². The van der Waals surface area contributed by atoms with Crippen molar-refractivity contribution in [3.63, 3.8) is 0 Å². The molecule has 0 saturated carbocycles. The van der Waals surface area contributed by atoms with E-state index in [0.717, 1.165) is 5.01 Å². The number of nitrogens with zero attached hydrogens (tertiary/aromatic N) is 2. The minimum atomic E-state index is -0.350. The smallest absolute Gasteiger partial charge is 0.318 e. The number of amides is 2. The molecular weight excluding hydrogens is 240 g/mol. The Labute approximate surface area is 104 Å². The summed E-state index contributed by atoms with van der Waals surface area (Å²) in [7, 11) is 1.51. The molecule has 0 spiro atoms. The fourth-order valence-electron chi connectivity index (χ4n) is 1.14. The Bertz CT molecular complexity index is 449. The minimum Gasteiger partial charge on any atom is -0.341 e. The van der Waals surface area contributed by atoms with Gasteiger partial charge in [0.25, 0.3) is 0 Å². The average Bonchev–Trinajstić information content (AvgIpc) is 2.30. The number of benzene rings is 1. The third-order valence-corrected chi connectivity index (χ3v) is 2.07. The highest BCUT2D eigenvalue weighted by atomic mass is 32.1. The molecule has 0 radical (unpaired) electrons. The zero-order valence-corrected chi connectivity index (χ0v) is 9.95. The van der Waals surface area contributed by atoms with Crippen LogP contribution in [0, 0.1) is 10.9 Å². The van der Waals surface area contributed by atoms with Gasteiger partial charge in [-0.3, -0.25) is 5.41 Å². The normalized spacial score (nSPS) is 9.29. The van der Waals surface area contributed by atoms with Crippen molar-refractivity contribution in [1.29, 1.82) is 10.9 Å². The Morgan fingerprint density at radius 3 is 2.76 bits per heavy atom. The standard InChI is InChI=1S/C9H12N6OS/c1-12-9(16)13-6-3-2-4-7(5-6)15(14-11)8(10)17/h2-5,11H,1H3,(H2,10,17)(H2,12,13,16).